The standard InChI is InChI=1S/C22H19N3O4S/c1-28-19-11-16-18(12-20(19)29-2)23-13-24-22(16)25-17-9-8-15(10-21(17)30(26)27)14-6-4-3-5-7-14/h3-13,17H,1-2H3,(H,23,24,25). The Kier molecular flexibility index (Phi) is 5.49. The van der Waals surface area contributed by atoms with Crippen molar-refractivity contribution in [1.82, 2.24) is 9.97 Å². The number of nitrogens with one attached hydrogen (secondary N) is 1. The van der Waals surface area contributed by atoms with E-state index in [1.165, 1.54) is 6.33 Å². The summed E-state index contributed by atoms with van der Waals surface area (Å²) in [5, 5.41) is 3.90. The highest BCUT2D eigenvalue weighted by Crippen LogP contribution is 2.34. The maximum absolute atomic E-state index is 12.0. The van der Waals surface area contributed by atoms with Crippen molar-refractivity contribution in [3.8, 4) is 11.5 Å². The van der Waals surface area contributed by atoms with Gasteiger partial charge in [0.25, 0.3) is 0 Å². The van der Waals surface area contributed by atoms with Gasteiger partial charge < -0.3 is 14.8 Å². The van der Waals surface area contributed by atoms with E-state index >= 15 is 0 Å². The molecule has 1 atom stereocenters. The third kappa shape index (κ3) is 3.77. The lowest BCUT2D eigenvalue weighted by Gasteiger charge is -2.20. The van der Waals surface area contributed by atoms with Crippen molar-refractivity contribution < 1.29 is 17.9 Å². The Hall–Kier alpha value is -3.65. The third-order valence-electron chi connectivity index (χ3n) is 4.80. The second-order valence-electron chi connectivity index (χ2n) is 6.53. The molecular weight excluding hydrogens is 402 g/mol. The molecule has 7 nitrogen and oxygen atoms in total. The Morgan fingerprint density at radius 3 is 2.43 bits per heavy atom. The zero-order valence-corrected chi connectivity index (χ0v) is 17.2. The van der Waals surface area contributed by atoms with Gasteiger partial charge in [-0.3, -0.25) is 0 Å². The monoisotopic (exact) mass is 421 g/mol. The molecule has 1 aromatic heterocycles. The van der Waals surface area contributed by atoms with Crippen LogP contribution in [0, 0.1) is 0 Å². The molecule has 0 saturated carbocycles. The lowest BCUT2D eigenvalue weighted by atomic mass is 9.97. The topological polar surface area (TPSA) is 90.4 Å². The van der Waals surface area contributed by atoms with Gasteiger partial charge in [0.1, 0.15) is 12.1 Å². The van der Waals surface area contributed by atoms with Crippen molar-refractivity contribution in [2.45, 2.75) is 6.04 Å². The minimum Gasteiger partial charge on any atom is -0.493 e. The second-order valence-corrected chi connectivity index (χ2v) is 7.47. The fraction of sp³-hybridized carbons (Fsp3) is 0.136. The second kappa shape index (κ2) is 8.38. The summed E-state index contributed by atoms with van der Waals surface area (Å²) in [6.07, 6.45) is 6.80. The minimum atomic E-state index is -2.41. The maximum Gasteiger partial charge on any atom is 0.219 e. The van der Waals surface area contributed by atoms with E-state index in [1.807, 2.05) is 42.5 Å². The van der Waals surface area contributed by atoms with Crippen LogP contribution < -0.4 is 14.8 Å². The highest BCUT2D eigenvalue weighted by molar-refractivity contribution is 7.73. The molecular formula is C22H19N3O4S. The molecule has 1 unspecified atom stereocenters. The number of fused-ring (bicyclic) bond motifs is 1. The molecule has 152 valence electrons. The third-order valence-corrected chi connectivity index (χ3v) is 5.56. The molecule has 0 aliphatic heterocycles. The average Bonchev–Trinajstić information content (AvgIpc) is 2.79. The van der Waals surface area contributed by atoms with Crippen LogP contribution in [0.4, 0.5) is 5.82 Å². The first-order valence-corrected chi connectivity index (χ1v) is 10.2. The number of methoxy groups -OCH3 is 2. The van der Waals surface area contributed by atoms with E-state index in [1.54, 1.807) is 32.4 Å². The molecule has 0 saturated heterocycles. The Morgan fingerprint density at radius 2 is 1.73 bits per heavy atom. The molecule has 1 aliphatic rings. The summed E-state index contributed by atoms with van der Waals surface area (Å²) in [6.45, 7) is 0. The number of aromatic nitrogens is 2. The van der Waals surface area contributed by atoms with Gasteiger partial charge >= 0.3 is 0 Å². The Morgan fingerprint density at radius 1 is 1.00 bits per heavy atom. The van der Waals surface area contributed by atoms with Crippen LogP contribution in [-0.2, 0) is 10.3 Å². The number of nitrogens with zero attached hydrogens (tertiary/aromatic N) is 2. The molecule has 0 fully saturated rings. The van der Waals surface area contributed by atoms with Gasteiger partial charge in [-0.15, -0.1) is 0 Å². The molecule has 1 aliphatic carbocycles. The van der Waals surface area contributed by atoms with E-state index in [0.29, 0.717) is 28.2 Å². The van der Waals surface area contributed by atoms with Crippen LogP contribution in [0.5, 0.6) is 11.5 Å². The molecule has 8 heteroatoms. The number of rotatable bonds is 5. The van der Waals surface area contributed by atoms with Crippen molar-refractivity contribution in [2.24, 2.45) is 0 Å². The number of allylic oxidation sites excluding steroid dienone is 2. The van der Waals surface area contributed by atoms with Crippen molar-refractivity contribution >= 4 is 37.5 Å². The zero-order valence-electron chi connectivity index (χ0n) is 16.4. The molecule has 1 N–H and O–H groups in total. The van der Waals surface area contributed by atoms with E-state index in [-0.39, 0.29) is 4.86 Å². The highest BCUT2D eigenvalue weighted by atomic mass is 32.2. The molecule has 0 bridgehead atoms. The molecule has 3 aromatic rings. The van der Waals surface area contributed by atoms with E-state index in [9.17, 15) is 8.42 Å². The van der Waals surface area contributed by atoms with Gasteiger partial charge in [-0.05, 0) is 23.3 Å². The first-order chi connectivity index (χ1) is 14.6. The summed E-state index contributed by atoms with van der Waals surface area (Å²) in [5.74, 6) is 1.58. The molecule has 2 aromatic carbocycles. The Bertz CT molecular complexity index is 1290. The molecule has 4 rings (SSSR count). The lowest BCUT2D eigenvalue weighted by Crippen LogP contribution is -2.29. The van der Waals surface area contributed by atoms with Gasteiger partial charge in [0.2, 0.25) is 10.3 Å². The van der Waals surface area contributed by atoms with Crippen molar-refractivity contribution in [3.63, 3.8) is 0 Å². The fourth-order valence-corrected chi connectivity index (χ4v) is 3.88. The van der Waals surface area contributed by atoms with Crippen LogP contribution in [0.2, 0.25) is 0 Å². The normalized spacial score (nSPS) is 15.6. The first kappa shape index (κ1) is 19.7. The number of ether oxygens (including phenoxy) is 2. The van der Waals surface area contributed by atoms with Crippen molar-refractivity contribution in [3.05, 3.63) is 72.6 Å². The van der Waals surface area contributed by atoms with Crippen LogP contribution in [0.1, 0.15) is 5.56 Å². The molecule has 30 heavy (non-hydrogen) atoms. The van der Waals surface area contributed by atoms with Gasteiger partial charge in [0, 0.05) is 11.5 Å². The average molecular weight is 421 g/mol. The van der Waals surface area contributed by atoms with E-state index in [4.69, 9.17) is 9.47 Å². The number of hydrogen-bond acceptors (Lipinski definition) is 7. The summed E-state index contributed by atoms with van der Waals surface area (Å²) in [5.41, 5.74) is 2.42. The van der Waals surface area contributed by atoms with E-state index in [2.05, 4.69) is 15.3 Å². The molecule has 0 amide bonds. The summed E-state index contributed by atoms with van der Waals surface area (Å²) >= 11 is 0. The maximum atomic E-state index is 12.0. The quantitative estimate of drug-likeness (QED) is 0.633. The SMILES string of the molecule is COc1cc2ncnc(NC3C=CC(c4ccccc4)=CC3=S(=O)=O)c2cc1OC. The van der Waals surface area contributed by atoms with Crippen LogP contribution in [0.25, 0.3) is 16.5 Å². The predicted molar refractivity (Wildman–Crippen MR) is 118 cm³/mol. The largest absolute Gasteiger partial charge is 0.493 e. The number of hydrogen-bond donors (Lipinski definition) is 1. The fourth-order valence-electron chi connectivity index (χ4n) is 3.31. The van der Waals surface area contributed by atoms with Crippen LogP contribution in [0.15, 0.2) is 67.0 Å². The summed E-state index contributed by atoms with van der Waals surface area (Å²) in [6, 6.07) is 12.6. The van der Waals surface area contributed by atoms with Gasteiger partial charge in [-0.1, -0.05) is 42.5 Å². The van der Waals surface area contributed by atoms with Gasteiger partial charge in [0.05, 0.1) is 30.6 Å². The van der Waals surface area contributed by atoms with E-state index < -0.39 is 16.3 Å². The van der Waals surface area contributed by atoms with Crippen LogP contribution >= 0.6 is 0 Å². The van der Waals surface area contributed by atoms with Gasteiger partial charge in [-0.25, -0.2) is 9.97 Å². The highest BCUT2D eigenvalue weighted by Gasteiger charge is 2.20. The van der Waals surface area contributed by atoms with Gasteiger partial charge in [0.15, 0.2) is 11.5 Å². The Labute approximate surface area is 175 Å². The molecule has 0 spiro atoms. The Balaban J connectivity index is 1.73. The van der Waals surface area contributed by atoms with E-state index in [0.717, 1.165) is 11.1 Å². The molecule has 0 radical (unpaired) electrons. The number of anilines is 1. The van der Waals surface area contributed by atoms with Crippen LogP contribution in [0.3, 0.4) is 0 Å². The zero-order chi connectivity index (χ0) is 21.1. The molecule has 1 heterocycles. The van der Waals surface area contributed by atoms with Crippen molar-refractivity contribution in [1.29, 1.82) is 0 Å². The smallest absolute Gasteiger partial charge is 0.219 e. The van der Waals surface area contributed by atoms with Crippen LogP contribution in [-0.4, -0.2) is 43.5 Å². The predicted octanol–water partition coefficient (Wildman–Crippen LogP) is 3.13. The van der Waals surface area contributed by atoms with Crippen molar-refractivity contribution in [2.75, 3.05) is 19.5 Å². The summed E-state index contributed by atoms with van der Waals surface area (Å²) < 4.78 is 34.6. The first-order valence-electron chi connectivity index (χ1n) is 9.15. The number of benzene rings is 2. The summed E-state index contributed by atoms with van der Waals surface area (Å²) in [4.78, 5) is 8.82. The minimum absolute atomic E-state index is 0.226. The van der Waals surface area contributed by atoms with Gasteiger partial charge in [-0.2, -0.15) is 8.42 Å². The lowest BCUT2D eigenvalue weighted by molar-refractivity contribution is 0.356. The summed E-state index contributed by atoms with van der Waals surface area (Å²) in [7, 11) is 0.696.